The van der Waals surface area contributed by atoms with Gasteiger partial charge in [-0.25, -0.2) is 0 Å². The summed E-state index contributed by atoms with van der Waals surface area (Å²) in [5.41, 5.74) is 5.21. The van der Waals surface area contributed by atoms with E-state index in [-0.39, 0.29) is 0 Å². The molecule has 0 saturated carbocycles. The number of hydrogen-bond donors (Lipinski definition) is 1. The first kappa shape index (κ1) is 15.9. The lowest BCUT2D eigenvalue weighted by Gasteiger charge is -2.27. The molecule has 0 aromatic heterocycles. The zero-order chi connectivity index (χ0) is 12.2. The molecule has 3 nitrogen and oxygen atoms in total. The first-order valence-electron chi connectivity index (χ1n) is 6.70. The van der Waals surface area contributed by atoms with E-state index in [9.17, 15) is 0 Å². The van der Waals surface area contributed by atoms with E-state index in [0.29, 0.717) is 0 Å². The Kier molecular flexibility index (Phi) is 11.3. The highest BCUT2D eigenvalue weighted by molar-refractivity contribution is 4.62. The molecule has 0 radical (unpaired) electrons. The van der Waals surface area contributed by atoms with Crippen LogP contribution in [-0.2, 0) is 4.74 Å². The molecule has 1 aliphatic rings. The second kappa shape index (κ2) is 11.4. The molecule has 0 aromatic rings. The van der Waals surface area contributed by atoms with E-state index in [2.05, 4.69) is 25.7 Å². The average molecular weight is 230 g/mol. The van der Waals surface area contributed by atoms with E-state index < -0.39 is 0 Å². The molecule has 3 heteroatoms. The first-order chi connectivity index (χ1) is 7.70. The zero-order valence-electron chi connectivity index (χ0n) is 11.4. The van der Waals surface area contributed by atoms with E-state index in [4.69, 9.17) is 10.5 Å². The quantitative estimate of drug-likeness (QED) is 0.735. The van der Waals surface area contributed by atoms with Crippen LogP contribution >= 0.6 is 0 Å². The van der Waals surface area contributed by atoms with Gasteiger partial charge in [0.2, 0.25) is 0 Å². The van der Waals surface area contributed by atoms with Crippen LogP contribution in [0.2, 0.25) is 0 Å². The number of morpholine rings is 1. The minimum Gasteiger partial charge on any atom is -0.379 e. The van der Waals surface area contributed by atoms with Crippen LogP contribution < -0.4 is 5.73 Å². The summed E-state index contributed by atoms with van der Waals surface area (Å²) >= 11 is 0. The SMILES string of the molecule is CC(C)CN1CCOCC1.CCCCCN. The number of rotatable bonds is 5. The fraction of sp³-hybridized carbons (Fsp3) is 1.00. The van der Waals surface area contributed by atoms with Crippen LogP contribution in [0.5, 0.6) is 0 Å². The molecule has 98 valence electrons. The van der Waals surface area contributed by atoms with Crippen LogP contribution in [0.15, 0.2) is 0 Å². The summed E-state index contributed by atoms with van der Waals surface area (Å²) < 4.78 is 5.24. The fourth-order valence-corrected chi connectivity index (χ4v) is 1.69. The molecule has 0 bridgehead atoms. The van der Waals surface area contributed by atoms with Crippen molar-refractivity contribution >= 4 is 0 Å². The average Bonchev–Trinajstić information content (AvgIpc) is 2.28. The number of hydrogen-bond acceptors (Lipinski definition) is 3. The minimum absolute atomic E-state index is 0.790. The Morgan fingerprint density at radius 2 is 1.81 bits per heavy atom. The standard InChI is InChI=1S/C8H17NO.C5H13N/c1-8(2)7-9-3-5-10-6-4-9;1-2-3-4-5-6/h8H,3-7H2,1-2H3;2-6H2,1H3. The summed E-state index contributed by atoms with van der Waals surface area (Å²) in [6.07, 6.45) is 3.75. The van der Waals surface area contributed by atoms with E-state index in [1.807, 2.05) is 0 Å². The van der Waals surface area contributed by atoms with Gasteiger partial charge in [-0.05, 0) is 18.9 Å². The Balaban J connectivity index is 0.000000325. The Bertz CT molecular complexity index is 130. The Labute approximate surface area is 101 Å². The predicted octanol–water partition coefficient (Wildman–Crippen LogP) is 2.11. The van der Waals surface area contributed by atoms with Crippen LogP contribution in [0.3, 0.4) is 0 Å². The Hall–Kier alpha value is -0.120. The van der Waals surface area contributed by atoms with Crippen molar-refractivity contribution in [1.82, 2.24) is 4.90 Å². The molecule has 0 atom stereocenters. The third kappa shape index (κ3) is 10.4. The third-order valence-corrected chi connectivity index (χ3v) is 2.53. The van der Waals surface area contributed by atoms with Gasteiger partial charge in [-0.15, -0.1) is 0 Å². The summed E-state index contributed by atoms with van der Waals surface area (Å²) in [5.74, 6) is 0.790. The number of unbranched alkanes of at least 4 members (excludes halogenated alkanes) is 2. The van der Waals surface area contributed by atoms with Gasteiger partial charge in [0, 0.05) is 19.6 Å². The van der Waals surface area contributed by atoms with E-state index in [1.54, 1.807) is 0 Å². The molecule has 1 saturated heterocycles. The molecule has 16 heavy (non-hydrogen) atoms. The number of nitrogens with zero attached hydrogens (tertiary/aromatic N) is 1. The molecule has 0 unspecified atom stereocenters. The minimum atomic E-state index is 0.790. The summed E-state index contributed by atoms with van der Waals surface area (Å²) in [7, 11) is 0. The van der Waals surface area contributed by atoms with Gasteiger partial charge >= 0.3 is 0 Å². The van der Waals surface area contributed by atoms with Crippen molar-refractivity contribution in [3.05, 3.63) is 0 Å². The van der Waals surface area contributed by atoms with Gasteiger partial charge in [-0.3, -0.25) is 4.90 Å². The van der Waals surface area contributed by atoms with E-state index in [0.717, 1.165) is 38.8 Å². The van der Waals surface area contributed by atoms with E-state index in [1.165, 1.54) is 25.8 Å². The molecule has 0 amide bonds. The summed E-state index contributed by atoms with van der Waals surface area (Å²) in [6, 6.07) is 0. The largest absolute Gasteiger partial charge is 0.379 e. The van der Waals surface area contributed by atoms with Crippen molar-refractivity contribution in [2.45, 2.75) is 40.0 Å². The smallest absolute Gasteiger partial charge is 0.0594 e. The maximum Gasteiger partial charge on any atom is 0.0594 e. The number of ether oxygens (including phenoxy) is 1. The normalized spacial score (nSPS) is 17.1. The second-order valence-corrected chi connectivity index (χ2v) is 4.80. The van der Waals surface area contributed by atoms with Gasteiger partial charge in [0.05, 0.1) is 13.2 Å². The van der Waals surface area contributed by atoms with Gasteiger partial charge in [0.1, 0.15) is 0 Å². The maximum absolute atomic E-state index is 5.24. The molecule has 0 spiro atoms. The molecule has 1 rings (SSSR count). The predicted molar refractivity (Wildman–Crippen MR) is 70.7 cm³/mol. The lowest BCUT2D eigenvalue weighted by atomic mass is 10.2. The maximum atomic E-state index is 5.24. The van der Waals surface area contributed by atoms with Crippen molar-refractivity contribution in [3.63, 3.8) is 0 Å². The highest BCUT2D eigenvalue weighted by Crippen LogP contribution is 2.01. The molecule has 1 aliphatic heterocycles. The van der Waals surface area contributed by atoms with Gasteiger partial charge in [-0.1, -0.05) is 33.6 Å². The highest BCUT2D eigenvalue weighted by Gasteiger charge is 2.10. The number of nitrogens with two attached hydrogens (primary N) is 1. The van der Waals surface area contributed by atoms with Crippen molar-refractivity contribution in [2.24, 2.45) is 11.7 Å². The first-order valence-corrected chi connectivity index (χ1v) is 6.70. The van der Waals surface area contributed by atoms with Crippen molar-refractivity contribution < 1.29 is 4.74 Å². The summed E-state index contributed by atoms with van der Waals surface area (Å²) in [5, 5.41) is 0. The lowest BCUT2D eigenvalue weighted by Crippen LogP contribution is -2.38. The van der Waals surface area contributed by atoms with Crippen molar-refractivity contribution in [2.75, 3.05) is 39.4 Å². The van der Waals surface area contributed by atoms with Gasteiger partial charge in [0.25, 0.3) is 0 Å². The summed E-state index contributed by atoms with van der Waals surface area (Å²) in [4.78, 5) is 2.47. The van der Waals surface area contributed by atoms with Crippen LogP contribution in [0.4, 0.5) is 0 Å². The molecule has 0 aliphatic carbocycles. The van der Waals surface area contributed by atoms with Crippen molar-refractivity contribution in [1.29, 1.82) is 0 Å². The van der Waals surface area contributed by atoms with Crippen molar-refractivity contribution in [3.8, 4) is 0 Å². The monoisotopic (exact) mass is 230 g/mol. The highest BCUT2D eigenvalue weighted by atomic mass is 16.5. The van der Waals surface area contributed by atoms with Crippen LogP contribution in [0, 0.1) is 5.92 Å². The molecular weight excluding hydrogens is 200 g/mol. The zero-order valence-corrected chi connectivity index (χ0v) is 11.4. The van der Waals surface area contributed by atoms with Crippen LogP contribution in [-0.4, -0.2) is 44.3 Å². The molecular formula is C13H30N2O. The molecule has 1 fully saturated rings. The topological polar surface area (TPSA) is 38.5 Å². The van der Waals surface area contributed by atoms with Gasteiger partial charge in [0.15, 0.2) is 0 Å². The van der Waals surface area contributed by atoms with Crippen LogP contribution in [0.1, 0.15) is 40.0 Å². The summed E-state index contributed by atoms with van der Waals surface area (Å²) in [6.45, 7) is 12.9. The molecule has 2 N–H and O–H groups in total. The molecule has 0 aromatic carbocycles. The van der Waals surface area contributed by atoms with Gasteiger partial charge in [-0.2, -0.15) is 0 Å². The third-order valence-electron chi connectivity index (χ3n) is 2.53. The molecule has 1 heterocycles. The Morgan fingerprint density at radius 1 is 1.19 bits per heavy atom. The van der Waals surface area contributed by atoms with Crippen LogP contribution in [0.25, 0.3) is 0 Å². The van der Waals surface area contributed by atoms with E-state index >= 15 is 0 Å². The fourth-order valence-electron chi connectivity index (χ4n) is 1.69. The second-order valence-electron chi connectivity index (χ2n) is 4.80. The lowest BCUT2D eigenvalue weighted by molar-refractivity contribution is 0.0329. The van der Waals surface area contributed by atoms with Gasteiger partial charge < -0.3 is 10.5 Å². The Morgan fingerprint density at radius 3 is 2.19 bits per heavy atom.